The molecule has 2 atom stereocenters. The molecule has 1 saturated heterocycles. The lowest BCUT2D eigenvalue weighted by Gasteiger charge is -2.35. The Morgan fingerprint density at radius 2 is 2.20 bits per heavy atom. The molecule has 1 aromatic rings. The molecule has 0 bridgehead atoms. The van der Waals surface area contributed by atoms with Crippen molar-refractivity contribution in [1.29, 1.82) is 0 Å². The second kappa shape index (κ2) is 7.43. The average molecular weight is 341 g/mol. The molecular formula is C16H25BrN2O. The highest BCUT2D eigenvalue weighted by Crippen LogP contribution is 2.33. The molecular weight excluding hydrogens is 316 g/mol. The summed E-state index contributed by atoms with van der Waals surface area (Å²) in [6.07, 6.45) is 5.19. The highest BCUT2D eigenvalue weighted by atomic mass is 79.9. The maximum absolute atomic E-state index is 6.11. The first-order chi connectivity index (χ1) is 9.67. The largest absolute Gasteiger partial charge is 0.497 e. The number of hydrogen-bond donors (Lipinski definition) is 1. The van der Waals surface area contributed by atoms with Gasteiger partial charge in [-0.15, -0.1) is 0 Å². The van der Waals surface area contributed by atoms with E-state index in [2.05, 4.69) is 39.9 Å². The Morgan fingerprint density at radius 1 is 1.40 bits per heavy atom. The van der Waals surface area contributed by atoms with Crippen molar-refractivity contribution in [3.8, 4) is 5.75 Å². The molecule has 1 fully saturated rings. The summed E-state index contributed by atoms with van der Waals surface area (Å²) in [6.45, 7) is 4.09. The second-order valence-corrected chi connectivity index (χ2v) is 6.43. The van der Waals surface area contributed by atoms with Crippen LogP contribution in [-0.4, -0.2) is 31.1 Å². The van der Waals surface area contributed by atoms with Crippen LogP contribution in [0.4, 0.5) is 0 Å². The first-order valence-corrected chi connectivity index (χ1v) is 8.26. The third-order valence-electron chi connectivity index (χ3n) is 4.29. The number of likely N-dealkylation sites (tertiary alicyclic amines) is 1. The van der Waals surface area contributed by atoms with Crippen molar-refractivity contribution in [1.82, 2.24) is 4.90 Å². The number of methoxy groups -OCH3 is 1. The quantitative estimate of drug-likeness (QED) is 0.907. The van der Waals surface area contributed by atoms with E-state index in [4.69, 9.17) is 10.5 Å². The Bertz CT molecular complexity index is 438. The molecule has 0 radical (unpaired) electrons. The first-order valence-electron chi connectivity index (χ1n) is 7.46. The number of ether oxygens (including phenoxy) is 1. The summed E-state index contributed by atoms with van der Waals surface area (Å²) in [7, 11) is 1.71. The Hall–Kier alpha value is -0.580. The molecule has 1 aliphatic heterocycles. The molecule has 0 spiro atoms. The van der Waals surface area contributed by atoms with Crippen molar-refractivity contribution in [2.75, 3.05) is 20.2 Å². The smallest absolute Gasteiger partial charge is 0.119 e. The van der Waals surface area contributed by atoms with E-state index in [0.29, 0.717) is 12.6 Å². The third kappa shape index (κ3) is 3.54. The van der Waals surface area contributed by atoms with Gasteiger partial charge >= 0.3 is 0 Å². The van der Waals surface area contributed by atoms with Crippen molar-refractivity contribution >= 4 is 15.9 Å². The van der Waals surface area contributed by atoms with Gasteiger partial charge in [0.2, 0.25) is 0 Å². The molecule has 20 heavy (non-hydrogen) atoms. The van der Waals surface area contributed by atoms with Crippen LogP contribution in [0.15, 0.2) is 22.7 Å². The first kappa shape index (κ1) is 15.8. The van der Waals surface area contributed by atoms with E-state index < -0.39 is 0 Å². The van der Waals surface area contributed by atoms with Gasteiger partial charge in [-0.3, -0.25) is 4.90 Å². The highest BCUT2D eigenvalue weighted by molar-refractivity contribution is 9.10. The van der Waals surface area contributed by atoms with Gasteiger partial charge in [-0.1, -0.05) is 28.8 Å². The van der Waals surface area contributed by atoms with Gasteiger partial charge in [0.05, 0.1) is 7.11 Å². The number of nitrogens with two attached hydrogens (primary N) is 1. The minimum absolute atomic E-state index is 0.257. The van der Waals surface area contributed by atoms with Crippen molar-refractivity contribution in [3.63, 3.8) is 0 Å². The van der Waals surface area contributed by atoms with Crippen LogP contribution in [0.2, 0.25) is 0 Å². The Kier molecular flexibility index (Phi) is 5.87. The van der Waals surface area contributed by atoms with E-state index in [-0.39, 0.29) is 6.04 Å². The molecule has 2 N–H and O–H groups in total. The number of rotatable bonds is 4. The van der Waals surface area contributed by atoms with Crippen molar-refractivity contribution in [2.24, 2.45) is 5.73 Å². The summed E-state index contributed by atoms with van der Waals surface area (Å²) >= 11 is 3.67. The SMILES string of the molecule is COc1ccc(Br)c(C(CN)N2CCCCCC2C)c1. The molecule has 0 amide bonds. The van der Waals surface area contributed by atoms with Crippen LogP contribution in [0.25, 0.3) is 0 Å². The lowest BCUT2D eigenvalue weighted by molar-refractivity contribution is 0.150. The molecule has 0 aliphatic carbocycles. The molecule has 0 aromatic heterocycles. The number of hydrogen-bond acceptors (Lipinski definition) is 3. The molecule has 2 unspecified atom stereocenters. The fraction of sp³-hybridized carbons (Fsp3) is 0.625. The molecule has 1 aliphatic rings. The molecule has 1 heterocycles. The predicted molar refractivity (Wildman–Crippen MR) is 87.1 cm³/mol. The van der Waals surface area contributed by atoms with Crippen LogP contribution in [0.3, 0.4) is 0 Å². The molecule has 4 heteroatoms. The van der Waals surface area contributed by atoms with Crippen molar-refractivity contribution in [3.05, 3.63) is 28.2 Å². The Labute approximate surface area is 130 Å². The van der Waals surface area contributed by atoms with Gasteiger partial charge in [0.25, 0.3) is 0 Å². The van der Waals surface area contributed by atoms with Crippen molar-refractivity contribution < 1.29 is 4.74 Å². The van der Waals surface area contributed by atoms with Crippen LogP contribution >= 0.6 is 15.9 Å². The molecule has 3 nitrogen and oxygen atoms in total. The van der Waals surface area contributed by atoms with E-state index in [1.165, 1.54) is 31.2 Å². The molecule has 2 rings (SSSR count). The summed E-state index contributed by atoms with van der Waals surface area (Å²) in [5.41, 5.74) is 7.34. The zero-order chi connectivity index (χ0) is 14.5. The van der Waals surface area contributed by atoms with Crippen LogP contribution in [0.5, 0.6) is 5.75 Å². The lowest BCUT2D eigenvalue weighted by atomic mass is 10.0. The van der Waals surface area contributed by atoms with Crippen LogP contribution in [0, 0.1) is 0 Å². The molecule has 1 aromatic carbocycles. The Balaban J connectivity index is 2.30. The van der Waals surface area contributed by atoms with E-state index in [1.54, 1.807) is 7.11 Å². The standard InChI is InChI=1S/C16H25BrN2O/c1-12-6-4-3-5-9-19(12)16(11-18)14-10-13(20-2)7-8-15(14)17/h7-8,10,12,16H,3-6,9,11,18H2,1-2H3. The van der Waals surface area contributed by atoms with E-state index >= 15 is 0 Å². The average Bonchev–Trinajstić information content (AvgIpc) is 2.67. The van der Waals surface area contributed by atoms with Gasteiger partial charge in [-0.2, -0.15) is 0 Å². The highest BCUT2D eigenvalue weighted by Gasteiger charge is 2.26. The summed E-state index contributed by atoms with van der Waals surface area (Å²) in [5, 5.41) is 0. The van der Waals surface area contributed by atoms with Crippen LogP contribution < -0.4 is 10.5 Å². The van der Waals surface area contributed by atoms with Gasteiger partial charge in [0.15, 0.2) is 0 Å². The summed E-state index contributed by atoms with van der Waals surface area (Å²) in [6, 6.07) is 6.99. The van der Waals surface area contributed by atoms with Gasteiger partial charge in [-0.25, -0.2) is 0 Å². The van der Waals surface area contributed by atoms with Crippen LogP contribution in [-0.2, 0) is 0 Å². The summed E-state index contributed by atoms with van der Waals surface area (Å²) in [4.78, 5) is 2.56. The van der Waals surface area contributed by atoms with Gasteiger partial charge in [-0.05, 0) is 50.1 Å². The van der Waals surface area contributed by atoms with E-state index in [9.17, 15) is 0 Å². The maximum Gasteiger partial charge on any atom is 0.119 e. The topological polar surface area (TPSA) is 38.5 Å². The Morgan fingerprint density at radius 3 is 2.90 bits per heavy atom. The summed E-state index contributed by atoms with van der Waals surface area (Å²) < 4.78 is 6.48. The lowest BCUT2D eigenvalue weighted by Crippen LogP contribution is -2.40. The molecule has 112 valence electrons. The monoisotopic (exact) mass is 340 g/mol. The fourth-order valence-corrected chi connectivity index (χ4v) is 3.62. The normalized spacial score (nSPS) is 22.3. The minimum atomic E-state index is 0.257. The fourth-order valence-electron chi connectivity index (χ4n) is 3.11. The van der Waals surface area contributed by atoms with E-state index in [1.807, 2.05) is 6.07 Å². The number of halogens is 1. The minimum Gasteiger partial charge on any atom is -0.497 e. The van der Waals surface area contributed by atoms with Gasteiger partial charge in [0, 0.05) is 23.1 Å². The predicted octanol–water partition coefficient (Wildman–Crippen LogP) is 3.72. The van der Waals surface area contributed by atoms with Crippen molar-refractivity contribution in [2.45, 2.75) is 44.7 Å². The summed E-state index contributed by atoms with van der Waals surface area (Å²) in [5.74, 6) is 0.893. The maximum atomic E-state index is 6.11. The van der Waals surface area contributed by atoms with Gasteiger partial charge < -0.3 is 10.5 Å². The number of benzene rings is 1. The zero-order valence-corrected chi connectivity index (χ0v) is 14.0. The van der Waals surface area contributed by atoms with Crippen LogP contribution in [0.1, 0.15) is 44.2 Å². The second-order valence-electron chi connectivity index (χ2n) is 5.58. The van der Waals surface area contributed by atoms with Gasteiger partial charge in [0.1, 0.15) is 5.75 Å². The zero-order valence-electron chi connectivity index (χ0n) is 12.4. The molecule has 0 saturated carbocycles. The third-order valence-corrected chi connectivity index (χ3v) is 5.01. The number of nitrogens with zero attached hydrogens (tertiary/aromatic N) is 1. The van der Waals surface area contributed by atoms with E-state index in [0.717, 1.165) is 16.8 Å².